The molecule has 0 aromatic carbocycles. The van der Waals surface area contributed by atoms with Crippen molar-refractivity contribution < 1.29 is 22.3 Å². The molecule has 8 heteroatoms. The van der Waals surface area contributed by atoms with Gasteiger partial charge in [0.05, 0.1) is 19.4 Å². The van der Waals surface area contributed by atoms with Gasteiger partial charge in [-0.15, -0.1) is 0 Å². The summed E-state index contributed by atoms with van der Waals surface area (Å²) in [6, 6.07) is 0. The highest BCUT2D eigenvalue weighted by atomic mass is 32.3. The van der Waals surface area contributed by atoms with Gasteiger partial charge < -0.3 is 5.11 Å². The van der Waals surface area contributed by atoms with Gasteiger partial charge in [0.25, 0.3) is 0 Å². The molecule has 1 saturated heterocycles. The van der Waals surface area contributed by atoms with E-state index in [-0.39, 0.29) is 6.61 Å². The maximum atomic E-state index is 9.56. The van der Waals surface area contributed by atoms with Crippen molar-refractivity contribution >= 4 is 10.4 Å². The van der Waals surface area contributed by atoms with Crippen molar-refractivity contribution in [1.29, 1.82) is 0 Å². The minimum absolute atomic E-state index is 0.0289. The molecule has 0 bridgehead atoms. The number of β-amino-alcohol motifs (C(OH)–C–C–N with tert-alkyl or cyclic N) is 1. The van der Waals surface area contributed by atoms with Gasteiger partial charge in [0, 0.05) is 19.6 Å². The first kappa shape index (κ1) is 33.5. The van der Waals surface area contributed by atoms with Gasteiger partial charge in [-0.25, -0.2) is 4.18 Å². The number of nitrogens with zero attached hydrogens (tertiary/aromatic N) is 2. The lowest BCUT2D eigenvalue weighted by atomic mass is 10.1. The minimum atomic E-state index is -4.17. The fraction of sp³-hybridized carbons (Fsp3) is 0.923. The number of allylic oxidation sites excluding steroid dienone is 2. The fourth-order valence-corrected chi connectivity index (χ4v) is 4.75. The molecule has 1 heterocycles. The quantitative estimate of drug-likeness (QED) is 0.122. The third-order valence-corrected chi connectivity index (χ3v) is 6.84. The van der Waals surface area contributed by atoms with E-state index in [0.717, 1.165) is 19.6 Å². The summed E-state index contributed by atoms with van der Waals surface area (Å²) in [5.41, 5.74) is 0. The highest BCUT2D eigenvalue weighted by molar-refractivity contribution is 7.80. The van der Waals surface area contributed by atoms with Gasteiger partial charge in [-0.1, -0.05) is 83.8 Å². The summed E-state index contributed by atoms with van der Waals surface area (Å²) in [6.45, 7) is 10.5. The summed E-state index contributed by atoms with van der Waals surface area (Å²) in [5, 5.41) is 9.24. The van der Waals surface area contributed by atoms with E-state index in [4.69, 9.17) is 4.55 Å². The van der Waals surface area contributed by atoms with Crippen LogP contribution >= 0.6 is 0 Å². The Bertz CT molecular complexity index is 572. The second kappa shape index (κ2) is 22.9. The molecule has 1 aliphatic rings. The van der Waals surface area contributed by atoms with E-state index in [9.17, 15) is 13.5 Å². The molecule has 0 radical (unpaired) electrons. The van der Waals surface area contributed by atoms with E-state index in [2.05, 4.69) is 40.0 Å². The van der Waals surface area contributed by atoms with Crippen LogP contribution in [0.25, 0.3) is 0 Å². The van der Waals surface area contributed by atoms with Gasteiger partial charge in [-0.3, -0.25) is 14.4 Å². The van der Waals surface area contributed by atoms with Crippen LogP contribution in [0.5, 0.6) is 0 Å². The molecule has 1 atom stereocenters. The molecule has 0 aliphatic carbocycles. The lowest BCUT2D eigenvalue weighted by Gasteiger charge is -2.29. The fourth-order valence-electron chi connectivity index (χ4n) is 4.46. The maximum absolute atomic E-state index is 9.56. The molecule has 7 nitrogen and oxygen atoms in total. The summed E-state index contributed by atoms with van der Waals surface area (Å²) in [4.78, 5) is 5.04. The maximum Gasteiger partial charge on any atom is 0.397 e. The standard InChI is InChI=1S/C24H48N2O.C2H6O4S/c1-3-5-6-7-8-9-10-11-12-13-14-15-16-17-18-19-24-25(4-2)20-21-26(24)22-23-27;1-2-6-7(3,4)5/h11-12,24,27H,3-10,13-23H2,1-2H3;2H2,1H3,(H,3,4,5)/b12-11-;. The number of aliphatic hydroxyl groups is 1. The van der Waals surface area contributed by atoms with E-state index < -0.39 is 10.4 Å². The Balaban J connectivity index is 0.00000135. The van der Waals surface area contributed by atoms with Gasteiger partial charge in [-0.05, 0) is 45.6 Å². The Morgan fingerprint density at radius 1 is 0.824 bits per heavy atom. The Morgan fingerprint density at radius 2 is 1.35 bits per heavy atom. The van der Waals surface area contributed by atoms with E-state index in [0.29, 0.717) is 12.8 Å². The molecule has 1 rings (SSSR count). The van der Waals surface area contributed by atoms with Crippen LogP contribution in [0, 0.1) is 0 Å². The highest BCUT2D eigenvalue weighted by Gasteiger charge is 2.29. The van der Waals surface area contributed by atoms with Gasteiger partial charge in [0.1, 0.15) is 0 Å². The first-order valence-corrected chi connectivity index (χ1v) is 15.1. The Morgan fingerprint density at radius 3 is 1.82 bits per heavy atom. The number of unbranched alkanes of at least 4 members (excludes halogenated alkanes) is 11. The zero-order valence-corrected chi connectivity index (χ0v) is 23.1. The molecule has 34 heavy (non-hydrogen) atoms. The van der Waals surface area contributed by atoms with Crippen LogP contribution in [0.1, 0.15) is 111 Å². The normalized spacial score (nSPS) is 17.4. The summed E-state index contributed by atoms with van der Waals surface area (Å²) >= 11 is 0. The van der Waals surface area contributed by atoms with Crippen molar-refractivity contribution in [3.05, 3.63) is 12.2 Å². The molecule has 2 N–H and O–H groups in total. The lowest BCUT2D eigenvalue weighted by Crippen LogP contribution is -2.39. The van der Waals surface area contributed by atoms with Crippen LogP contribution in [0.2, 0.25) is 0 Å². The SMILES string of the molecule is CCCCCCCC/C=C\CCCCCCCC1N(CC)CCN1CCO.CCOS(=O)(=O)O. The molecular weight excluding hydrogens is 452 g/mol. The van der Waals surface area contributed by atoms with E-state index in [1.165, 1.54) is 103 Å². The smallest absolute Gasteiger partial charge is 0.395 e. The van der Waals surface area contributed by atoms with Crippen LogP contribution in [-0.2, 0) is 14.6 Å². The molecule has 1 fully saturated rings. The molecule has 0 spiro atoms. The van der Waals surface area contributed by atoms with Crippen LogP contribution in [0.15, 0.2) is 12.2 Å². The van der Waals surface area contributed by atoms with Crippen LogP contribution in [-0.4, -0.2) is 73.4 Å². The van der Waals surface area contributed by atoms with Gasteiger partial charge >= 0.3 is 10.4 Å². The van der Waals surface area contributed by atoms with E-state index in [1.54, 1.807) is 0 Å². The van der Waals surface area contributed by atoms with Crippen molar-refractivity contribution in [2.24, 2.45) is 0 Å². The summed E-state index contributed by atoms with van der Waals surface area (Å²) in [5.74, 6) is 0. The third kappa shape index (κ3) is 19.8. The summed E-state index contributed by atoms with van der Waals surface area (Å²) in [7, 11) is -4.17. The molecule has 0 aromatic heterocycles. The molecule has 0 amide bonds. The van der Waals surface area contributed by atoms with Gasteiger partial charge in [0.15, 0.2) is 0 Å². The highest BCUT2D eigenvalue weighted by Crippen LogP contribution is 2.20. The van der Waals surface area contributed by atoms with Crippen LogP contribution < -0.4 is 0 Å². The molecule has 204 valence electrons. The van der Waals surface area contributed by atoms with Crippen LogP contribution in [0.3, 0.4) is 0 Å². The number of aliphatic hydroxyl groups excluding tert-OH is 1. The Labute approximate surface area is 210 Å². The lowest BCUT2D eigenvalue weighted by molar-refractivity contribution is 0.108. The average Bonchev–Trinajstić information content (AvgIpc) is 3.18. The number of rotatable bonds is 20. The number of hydrogen-bond acceptors (Lipinski definition) is 6. The average molecular weight is 507 g/mol. The first-order chi connectivity index (χ1) is 16.4. The van der Waals surface area contributed by atoms with Gasteiger partial charge in [0.2, 0.25) is 0 Å². The summed E-state index contributed by atoms with van der Waals surface area (Å²) in [6.07, 6.45) is 24.4. The second-order valence-electron chi connectivity index (χ2n) is 9.08. The zero-order valence-electron chi connectivity index (χ0n) is 22.3. The molecule has 1 unspecified atom stereocenters. The number of hydrogen-bond donors (Lipinski definition) is 2. The second-order valence-corrected chi connectivity index (χ2v) is 10.2. The van der Waals surface area contributed by atoms with Crippen molar-refractivity contribution in [3.63, 3.8) is 0 Å². The predicted molar refractivity (Wildman–Crippen MR) is 142 cm³/mol. The molecule has 0 aromatic rings. The van der Waals surface area contributed by atoms with Crippen molar-refractivity contribution in [2.75, 3.05) is 39.4 Å². The first-order valence-electron chi connectivity index (χ1n) is 13.7. The largest absolute Gasteiger partial charge is 0.397 e. The van der Waals surface area contributed by atoms with E-state index in [1.807, 2.05) is 0 Å². The van der Waals surface area contributed by atoms with Gasteiger partial charge in [-0.2, -0.15) is 8.42 Å². The molecule has 1 aliphatic heterocycles. The molecular formula is C26H54N2O5S. The van der Waals surface area contributed by atoms with Crippen LogP contribution in [0.4, 0.5) is 0 Å². The minimum Gasteiger partial charge on any atom is -0.395 e. The Kier molecular flexibility index (Phi) is 22.6. The monoisotopic (exact) mass is 506 g/mol. The predicted octanol–water partition coefficient (Wildman–Crippen LogP) is 5.81. The van der Waals surface area contributed by atoms with Crippen molar-refractivity contribution in [2.45, 2.75) is 117 Å². The zero-order chi connectivity index (χ0) is 25.5. The van der Waals surface area contributed by atoms with E-state index >= 15 is 0 Å². The van der Waals surface area contributed by atoms with Crippen molar-refractivity contribution in [1.82, 2.24) is 9.80 Å². The topological polar surface area (TPSA) is 90.3 Å². The summed E-state index contributed by atoms with van der Waals surface area (Å²) < 4.78 is 30.7. The Hall–Kier alpha value is -0.510. The number of likely N-dealkylation sites (N-methyl/N-ethyl adjacent to an activating group) is 1. The van der Waals surface area contributed by atoms with Crippen molar-refractivity contribution in [3.8, 4) is 0 Å². The molecule has 0 saturated carbocycles. The third-order valence-electron chi connectivity index (χ3n) is 6.30.